The number of hydrogen-bond donors (Lipinski definition) is 1. The van der Waals surface area contributed by atoms with Crippen LogP contribution in [-0.2, 0) is 11.2 Å². The smallest absolute Gasteiger partial charge is 0.310 e. The number of rotatable bonds is 5. The minimum atomic E-state index is -0.669. The van der Waals surface area contributed by atoms with Crippen molar-refractivity contribution in [2.75, 3.05) is 13.1 Å². The standard InChI is InChI=1S/C18H27NO2/c1-4-6-15-7-9-16(10-8-15)14(2)19-12-5-11-18(3,13-19)17(20)21/h7-10,14H,4-6,11-13H2,1-3H3,(H,20,21). The number of piperidine rings is 1. The van der Waals surface area contributed by atoms with Gasteiger partial charge in [-0.15, -0.1) is 0 Å². The molecule has 0 bridgehead atoms. The van der Waals surface area contributed by atoms with E-state index in [2.05, 4.69) is 43.0 Å². The summed E-state index contributed by atoms with van der Waals surface area (Å²) in [6.07, 6.45) is 4.02. The third-order valence-electron chi connectivity index (χ3n) is 4.79. The molecule has 1 heterocycles. The lowest BCUT2D eigenvalue weighted by Gasteiger charge is -2.40. The maximum Gasteiger partial charge on any atom is 0.310 e. The van der Waals surface area contributed by atoms with Gasteiger partial charge >= 0.3 is 5.97 Å². The molecule has 3 heteroatoms. The summed E-state index contributed by atoms with van der Waals surface area (Å²) in [6.45, 7) is 7.87. The van der Waals surface area contributed by atoms with E-state index in [9.17, 15) is 9.90 Å². The fraction of sp³-hybridized carbons (Fsp3) is 0.611. The van der Waals surface area contributed by atoms with Crippen molar-refractivity contribution < 1.29 is 9.90 Å². The zero-order valence-electron chi connectivity index (χ0n) is 13.4. The zero-order valence-corrected chi connectivity index (χ0v) is 13.4. The first-order chi connectivity index (χ1) is 9.96. The SMILES string of the molecule is CCCc1ccc(C(C)N2CCCC(C)(C(=O)O)C2)cc1. The van der Waals surface area contributed by atoms with Gasteiger partial charge in [0, 0.05) is 12.6 Å². The van der Waals surface area contributed by atoms with Gasteiger partial charge in [0.25, 0.3) is 0 Å². The van der Waals surface area contributed by atoms with Crippen molar-refractivity contribution in [2.45, 2.75) is 52.5 Å². The van der Waals surface area contributed by atoms with Crippen LogP contribution in [0.5, 0.6) is 0 Å². The molecule has 1 aliphatic heterocycles. The van der Waals surface area contributed by atoms with Crippen LogP contribution in [0.1, 0.15) is 57.2 Å². The molecular weight excluding hydrogens is 262 g/mol. The van der Waals surface area contributed by atoms with Crippen LogP contribution < -0.4 is 0 Å². The summed E-state index contributed by atoms with van der Waals surface area (Å²) in [6, 6.07) is 9.08. The van der Waals surface area contributed by atoms with E-state index in [0.29, 0.717) is 6.54 Å². The van der Waals surface area contributed by atoms with Crippen LogP contribution in [0.3, 0.4) is 0 Å². The largest absolute Gasteiger partial charge is 0.481 e. The Balaban J connectivity index is 2.08. The summed E-state index contributed by atoms with van der Waals surface area (Å²) < 4.78 is 0. The van der Waals surface area contributed by atoms with E-state index >= 15 is 0 Å². The number of carboxylic acids is 1. The molecule has 116 valence electrons. The van der Waals surface area contributed by atoms with Gasteiger partial charge in [0.15, 0.2) is 0 Å². The van der Waals surface area contributed by atoms with Crippen LogP contribution >= 0.6 is 0 Å². The highest BCUT2D eigenvalue weighted by Crippen LogP contribution is 2.34. The number of carbonyl (C=O) groups is 1. The summed E-state index contributed by atoms with van der Waals surface area (Å²) in [4.78, 5) is 13.8. The van der Waals surface area contributed by atoms with Gasteiger partial charge in [0.1, 0.15) is 0 Å². The van der Waals surface area contributed by atoms with Gasteiger partial charge in [0.2, 0.25) is 0 Å². The lowest BCUT2D eigenvalue weighted by molar-refractivity contribution is -0.151. The summed E-state index contributed by atoms with van der Waals surface area (Å²) in [5, 5.41) is 9.44. The van der Waals surface area contributed by atoms with E-state index < -0.39 is 11.4 Å². The highest BCUT2D eigenvalue weighted by Gasteiger charge is 2.39. The Kier molecular flexibility index (Phi) is 5.04. The third-order valence-corrected chi connectivity index (χ3v) is 4.79. The number of likely N-dealkylation sites (tertiary alicyclic amines) is 1. The Hall–Kier alpha value is -1.35. The van der Waals surface area contributed by atoms with Gasteiger partial charge in [-0.25, -0.2) is 0 Å². The molecule has 0 saturated carbocycles. The molecule has 21 heavy (non-hydrogen) atoms. The molecule has 2 rings (SSSR count). The molecule has 3 nitrogen and oxygen atoms in total. The number of benzene rings is 1. The number of carboxylic acid groups (broad SMARTS) is 1. The molecule has 0 spiro atoms. The molecule has 2 unspecified atom stereocenters. The van der Waals surface area contributed by atoms with Gasteiger partial charge < -0.3 is 5.11 Å². The van der Waals surface area contributed by atoms with Gasteiger partial charge in [-0.2, -0.15) is 0 Å². The average Bonchev–Trinajstić information content (AvgIpc) is 2.47. The molecule has 0 aromatic heterocycles. The van der Waals surface area contributed by atoms with Gasteiger partial charge in [-0.05, 0) is 50.8 Å². The highest BCUT2D eigenvalue weighted by molar-refractivity contribution is 5.74. The summed E-state index contributed by atoms with van der Waals surface area (Å²) in [5.41, 5.74) is 2.06. The summed E-state index contributed by atoms with van der Waals surface area (Å²) >= 11 is 0. The van der Waals surface area contributed by atoms with Crippen molar-refractivity contribution in [3.05, 3.63) is 35.4 Å². The molecule has 0 aliphatic carbocycles. The minimum Gasteiger partial charge on any atom is -0.481 e. The van der Waals surface area contributed by atoms with Crippen molar-refractivity contribution in [3.8, 4) is 0 Å². The average molecular weight is 289 g/mol. The van der Waals surface area contributed by atoms with Gasteiger partial charge in [-0.1, -0.05) is 37.6 Å². The first kappa shape index (κ1) is 16.0. The number of aryl methyl sites for hydroxylation is 1. The van der Waals surface area contributed by atoms with Crippen LogP contribution in [-0.4, -0.2) is 29.1 Å². The topological polar surface area (TPSA) is 40.5 Å². The Morgan fingerprint density at radius 2 is 2.05 bits per heavy atom. The molecular formula is C18H27NO2. The lowest BCUT2D eigenvalue weighted by Crippen LogP contribution is -2.46. The van der Waals surface area contributed by atoms with Crippen molar-refractivity contribution in [1.29, 1.82) is 0 Å². The molecule has 1 aliphatic rings. The summed E-state index contributed by atoms with van der Waals surface area (Å²) in [7, 11) is 0. The Labute approximate surface area is 128 Å². The molecule has 1 saturated heterocycles. The van der Waals surface area contributed by atoms with E-state index in [4.69, 9.17) is 0 Å². The summed E-state index contributed by atoms with van der Waals surface area (Å²) in [5.74, 6) is -0.669. The number of nitrogens with zero attached hydrogens (tertiary/aromatic N) is 1. The highest BCUT2D eigenvalue weighted by atomic mass is 16.4. The zero-order chi connectivity index (χ0) is 15.5. The number of hydrogen-bond acceptors (Lipinski definition) is 2. The molecule has 1 fully saturated rings. The molecule has 0 amide bonds. The van der Waals surface area contributed by atoms with Crippen molar-refractivity contribution in [3.63, 3.8) is 0 Å². The van der Waals surface area contributed by atoms with Crippen molar-refractivity contribution in [1.82, 2.24) is 4.90 Å². The van der Waals surface area contributed by atoms with Gasteiger partial charge in [-0.3, -0.25) is 9.69 Å². The second kappa shape index (κ2) is 6.61. The fourth-order valence-electron chi connectivity index (χ4n) is 3.25. The molecule has 2 atom stereocenters. The van der Waals surface area contributed by atoms with E-state index in [1.165, 1.54) is 11.1 Å². The first-order valence-electron chi connectivity index (χ1n) is 8.02. The Morgan fingerprint density at radius 1 is 1.38 bits per heavy atom. The predicted molar refractivity (Wildman–Crippen MR) is 85.4 cm³/mol. The molecule has 1 N–H and O–H groups in total. The van der Waals surface area contributed by atoms with E-state index in [1.54, 1.807) is 0 Å². The van der Waals surface area contributed by atoms with Crippen LogP contribution in [0, 0.1) is 5.41 Å². The first-order valence-corrected chi connectivity index (χ1v) is 8.02. The van der Waals surface area contributed by atoms with Crippen LogP contribution in [0.2, 0.25) is 0 Å². The maximum atomic E-state index is 11.5. The van der Waals surface area contributed by atoms with Crippen LogP contribution in [0.15, 0.2) is 24.3 Å². The van der Waals surface area contributed by atoms with Crippen LogP contribution in [0.25, 0.3) is 0 Å². The van der Waals surface area contributed by atoms with Gasteiger partial charge in [0.05, 0.1) is 5.41 Å². The molecule has 1 aromatic rings. The quantitative estimate of drug-likeness (QED) is 0.894. The van der Waals surface area contributed by atoms with E-state index in [0.717, 1.165) is 32.2 Å². The normalized spacial score (nSPS) is 24.7. The lowest BCUT2D eigenvalue weighted by atomic mass is 9.81. The predicted octanol–water partition coefficient (Wildman–Crippen LogP) is 3.89. The minimum absolute atomic E-state index is 0.277. The molecule has 0 radical (unpaired) electrons. The third kappa shape index (κ3) is 3.65. The Morgan fingerprint density at radius 3 is 2.62 bits per heavy atom. The number of aliphatic carboxylic acids is 1. The molecule has 1 aromatic carbocycles. The van der Waals surface area contributed by atoms with Crippen molar-refractivity contribution in [2.24, 2.45) is 5.41 Å². The monoisotopic (exact) mass is 289 g/mol. The Bertz CT molecular complexity index is 482. The van der Waals surface area contributed by atoms with Crippen LogP contribution in [0.4, 0.5) is 0 Å². The second-order valence-electron chi connectivity index (χ2n) is 6.61. The van der Waals surface area contributed by atoms with E-state index in [1.807, 2.05) is 6.92 Å². The second-order valence-corrected chi connectivity index (χ2v) is 6.61. The van der Waals surface area contributed by atoms with E-state index in [-0.39, 0.29) is 6.04 Å². The maximum absolute atomic E-state index is 11.5. The fourth-order valence-corrected chi connectivity index (χ4v) is 3.25. The van der Waals surface area contributed by atoms with Crippen molar-refractivity contribution >= 4 is 5.97 Å².